The first-order valence-corrected chi connectivity index (χ1v) is 12.3. The van der Waals surface area contributed by atoms with Gasteiger partial charge in [-0.3, -0.25) is 14.5 Å². The Bertz CT molecular complexity index is 1340. The number of hydrogen-bond acceptors (Lipinski definition) is 5. The number of nitrogens with two attached hydrogens (primary N) is 1. The number of primary amides is 1. The molecule has 0 unspecified atom stereocenters. The van der Waals surface area contributed by atoms with Gasteiger partial charge in [-0.2, -0.15) is 0 Å². The Hall–Kier alpha value is -4.21. The second-order valence-electron chi connectivity index (χ2n) is 9.42. The summed E-state index contributed by atoms with van der Waals surface area (Å²) in [6.07, 6.45) is 3.00. The number of carbonyl (C=O) groups is 3. The van der Waals surface area contributed by atoms with E-state index in [0.29, 0.717) is 23.2 Å². The number of carbonyl (C=O) groups excluding carboxylic acids is 3. The molecule has 1 aromatic heterocycles. The SMILES string of the molecule is CC(=O)N1CCC[C@H]1c1ncc(-c2ccc(-c3ccc(N4C[C@H](CCC(N)=O)OC4=O)cc3F)cc2)[nH]1. The molecule has 2 fully saturated rings. The molecule has 2 aliphatic rings. The molecule has 3 N–H and O–H groups in total. The summed E-state index contributed by atoms with van der Waals surface area (Å²) < 4.78 is 20.4. The van der Waals surface area contributed by atoms with Gasteiger partial charge >= 0.3 is 6.09 Å². The number of likely N-dealkylation sites (tertiary alicyclic amines) is 1. The van der Waals surface area contributed by atoms with Crippen molar-refractivity contribution in [1.29, 1.82) is 0 Å². The van der Waals surface area contributed by atoms with Gasteiger partial charge in [-0.05, 0) is 48.6 Å². The summed E-state index contributed by atoms with van der Waals surface area (Å²) in [4.78, 5) is 46.2. The van der Waals surface area contributed by atoms with Gasteiger partial charge in [0.05, 0.1) is 30.2 Å². The topological polar surface area (TPSA) is 122 Å². The molecule has 0 aliphatic carbocycles. The third kappa shape index (κ3) is 5.04. The lowest BCUT2D eigenvalue weighted by atomic mass is 10.0. The number of nitrogens with zero attached hydrogens (tertiary/aromatic N) is 3. The fraction of sp³-hybridized carbons (Fsp3) is 0.333. The Morgan fingerprint density at radius 2 is 1.95 bits per heavy atom. The fourth-order valence-corrected chi connectivity index (χ4v) is 5.00. The zero-order valence-corrected chi connectivity index (χ0v) is 20.4. The number of amides is 3. The smallest absolute Gasteiger partial charge is 0.414 e. The molecular weight excluding hydrogens is 477 g/mol. The Kier molecular flexibility index (Phi) is 6.64. The van der Waals surface area contributed by atoms with Crippen molar-refractivity contribution < 1.29 is 23.5 Å². The summed E-state index contributed by atoms with van der Waals surface area (Å²) in [5.41, 5.74) is 8.37. The number of ether oxygens (including phenoxy) is 1. The number of hydrogen-bond donors (Lipinski definition) is 2. The van der Waals surface area contributed by atoms with Crippen molar-refractivity contribution in [2.24, 2.45) is 5.73 Å². The molecular formula is C27H28FN5O4. The molecule has 0 spiro atoms. The van der Waals surface area contributed by atoms with Gasteiger partial charge in [-0.25, -0.2) is 14.2 Å². The van der Waals surface area contributed by atoms with E-state index in [1.807, 2.05) is 29.2 Å². The number of imidazole rings is 1. The van der Waals surface area contributed by atoms with Crippen LogP contribution < -0.4 is 10.6 Å². The Labute approximate surface area is 213 Å². The minimum atomic E-state index is -0.575. The minimum absolute atomic E-state index is 0.0375. The van der Waals surface area contributed by atoms with Crippen LogP contribution >= 0.6 is 0 Å². The maximum Gasteiger partial charge on any atom is 0.414 e. The van der Waals surface area contributed by atoms with Crippen molar-refractivity contribution in [3.63, 3.8) is 0 Å². The van der Waals surface area contributed by atoms with E-state index in [-0.39, 0.29) is 24.9 Å². The third-order valence-electron chi connectivity index (χ3n) is 6.93. The molecule has 2 aliphatic heterocycles. The first-order chi connectivity index (χ1) is 17.8. The summed E-state index contributed by atoms with van der Waals surface area (Å²) in [5.74, 6) is -0.113. The van der Waals surface area contributed by atoms with Crippen molar-refractivity contribution in [2.75, 3.05) is 18.0 Å². The predicted octanol–water partition coefficient (Wildman–Crippen LogP) is 4.16. The van der Waals surface area contributed by atoms with Crippen molar-refractivity contribution in [3.8, 4) is 22.4 Å². The number of rotatable bonds is 7. The molecule has 2 aromatic carbocycles. The standard InChI is InChI=1S/C27H28FN5O4/c1-16(34)32-12-2-3-24(32)26-30-14-23(31-26)18-6-4-17(5-7-18)21-10-8-19(13-22(21)28)33-15-20(37-27(33)36)9-11-25(29)35/h4-8,10,13-14,20,24H,2-3,9,11-12,15H2,1H3,(H2,29,35)(H,30,31)/t20-,24-/m0/s1. The van der Waals surface area contributed by atoms with E-state index in [0.717, 1.165) is 36.5 Å². The third-order valence-corrected chi connectivity index (χ3v) is 6.93. The molecule has 3 aromatic rings. The summed E-state index contributed by atoms with van der Waals surface area (Å²) in [7, 11) is 0. The predicted molar refractivity (Wildman–Crippen MR) is 135 cm³/mol. The molecule has 0 bridgehead atoms. The quantitative estimate of drug-likeness (QED) is 0.499. The lowest BCUT2D eigenvalue weighted by molar-refractivity contribution is -0.129. The van der Waals surface area contributed by atoms with Crippen molar-refractivity contribution in [3.05, 3.63) is 60.3 Å². The fourth-order valence-electron chi connectivity index (χ4n) is 5.00. The molecule has 10 heteroatoms. The van der Waals surface area contributed by atoms with Crippen LogP contribution in [0.2, 0.25) is 0 Å². The van der Waals surface area contributed by atoms with Crippen LogP contribution in [0, 0.1) is 5.82 Å². The van der Waals surface area contributed by atoms with Crippen LogP contribution in [0.1, 0.15) is 44.5 Å². The normalized spacial score (nSPS) is 19.4. The van der Waals surface area contributed by atoms with Gasteiger partial charge in [0.1, 0.15) is 17.7 Å². The number of benzene rings is 2. The molecule has 2 saturated heterocycles. The molecule has 192 valence electrons. The van der Waals surface area contributed by atoms with E-state index in [2.05, 4.69) is 9.97 Å². The number of H-pyrrole nitrogens is 1. The zero-order chi connectivity index (χ0) is 26.1. The molecule has 0 radical (unpaired) electrons. The molecule has 3 heterocycles. The van der Waals surface area contributed by atoms with Crippen LogP contribution in [0.5, 0.6) is 0 Å². The summed E-state index contributed by atoms with van der Waals surface area (Å²) in [5, 5.41) is 0. The number of anilines is 1. The molecule has 2 atom stereocenters. The summed E-state index contributed by atoms with van der Waals surface area (Å²) in [6, 6.07) is 12.0. The average molecular weight is 506 g/mol. The van der Waals surface area contributed by atoms with Crippen molar-refractivity contribution in [1.82, 2.24) is 14.9 Å². The minimum Gasteiger partial charge on any atom is -0.444 e. The Morgan fingerprint density at radius 3 is 2.65 bits per heavy atom. The number of aromatic nitrogens is 2. The van der Waals surface area contributed by atoms with Gasteiger partial charge in [0.2, 0.25) is 11.8 Å². The molecule has 3 amide bonds. The molecule has 5 rings (SSSR count). The van der Waals surface area contributed by atoms with Gasteiger partial charge in [0.15, 0.2) is 0 Å². The van der Waals surface area contributed by atoms with E-state index in [1.54, 1.807) is 25.3 Å². The molecule has 0 saturated carbocycles. The highest BCUT2D eigenvalue weighted by molar-refractivity contribution is 5.90. The van der Waals surface area contributed by atoms with E-state index >= 15 is 4.39 Å². The first kappa shape index (κ1) is 24.5. The highest BCUT2D eigenvalue weighted by Crippen LogP contribution is 2.33. The van der Waals surface area contributed by atoms with Crippen LogP contribution in [0.3, 0.4) is 0 Å². The monoisotopic (exact) mass is 505 g/mol. The van der Waals surface area contributed by atoms with Crippen LogP contribution in [-0.2, 0) is 14.3 Å². The lowest BCUT2D eigenvalue weighted by Crippen LogP contribution is -2.28. The largest absolute Gasteiger partial charge is 0.444 e. The summed E-state index contributed by atoms with van der Waals surface area (Å²) in [6.45, 7) is 2.55. The van der Waals surface area contributed by atoms with Crippen molar-refractivity contribution >= 4 is 23.6 Å². The highest BCUT2D eigenvalue weighted by Gasteiger charge is 2.33. The molecule has 37 heavy (non-hydrogen) atoms. The van der Waals surface area contributed by atoms with Crippen LogP contribution in [-0.4, -0.2) is 52.0 Å². The van der Waals surface area contributed by atoms with Gasteiger partial charge < -0.3 is 20.4 Å². The van der Waals surface area contributed by atoms with Crippen LogP contribution in [0.25, 0.3) is 22.4 Å². The van der Waals surface area contributed by atoms with E-state index in [9.17, 15) is 14.4 Å². The van der Waals surface area contributed by atoms with Gasteiger partial charge in [-0.15, -0.1) is 0 Å². The van der Waals surface area contributed by atoms with Gasteiger partial charge in [0, 0.05) is 25.5 Å². The lowest BCUT2D eigenvalue weighted by Gasteiger charge is -2.21. The second kappa shape index (κ2) is 10.0. The number of halogens is 1. The average Bonchev–Trinajstić information content (AvgIpc) is 3.62. The van der Waals surface area contributed by atoms with Crippen LogP contribution in [0.4, 0.5) is 14.9 Å². The maximum atomic E-state index is 15.1. The highest BCUT2D eigenvalue weighted by atomic mass is 19.1. The Morgan fingerprint density at radius 1 is 1.19 bits per heavy atom. The van der Waals surface area contributed by atoms with E-state index in [1.165, 1.54) is 11.0 Å². The maximum absolute atomic E-state index is 15.1. The second-order valence-corrected chi connectivity index (χ2v) is 9.42. The number of cyclic esters (lactones) is 1. The van der Waals surface area contributed by atoms with Crippen molar-refractivity contribution in [2.45, 2.75) is 44.8 Å². The van der Waals surface area contributed by atoms with Crippen LogP contribution in [0.15, 0.2) is 48.7 Å². The Balaban J connectivity index is 1.29. The first-order valence-electron chi connectivity index (χ1n) is 12.3. The van der Waals surface area contributed by atoms with E-state index in [4.69, 9.17) is 10.5 Å². The van der Waals surface area contributed by atoms with Gasteiger partial charge in [-0.1, -0.05) is 24.3 Å². The summed E-state index contributed by atoms with van der Waals surface area (Å²) >= 11 is 0. The van der Waals surface area contributed by atoms with E-state index < -0.39 is 23.9 Å². The number of aromatic amines is 1. The molecule has 9 nitrogen and oxygen atoms in total. The van der Waals surface area contributed by atoms with Gasteiger partial charge in [0.25, 0.3) is 0 Å². The zero-order valence-electron chi connectivity index (χ0n) is 20.4. The number of nitrogens with one attached hydrogen (secondary N) is 1.